The van der Waals surface area contributed by atoms with E-state index in [4.69, 9.17) is 9.84 Å². The number of aromatic nitrogens is 2. The van der Waals surface area contributed by atoms with Gasteiger partial charge in [-0.3, -0.25) is 4.79 Å². The molecule has 1 amide bonds. The van der Waals surface area contributed by atoms with E-state index >= 15 is 0 Å². The van der Waals surface area contributed by atoms with Crippen molar-refractivity contribution in [2.45, 2.75) is 0 Å². The second-order valence-corrected chi connectivity index (χ2v) is 5.93. The summed E-state index contributed by atoms with van der Waals surface area (Å²) >= 11 is 0. The summed E-state index contributed by atoms with van der Waals surface area (Å²) in [6, 6.07) is 16.0. The maximum absolute atomic E-state index is 12.4. The highest BCUT2D eigenvalue weighted by Crippen LogP contribution is 2.27. The predicted molar refractivity (Wildman–Crippen MR) is 97.1 cm³/mol. The summed E-state index contributed by atoms with van der Waals surface area (Å²) in [5, 5.41) is 4.69. The SMILES string of the molecule is O=C(C=Cc1c(-c2ccccc2)nn2ccccc12)N1CCOCC1. The van der Waals surface area contributed by atoms with Gasteiger partial charge in [0.15, 0.2) is 0 Å². The van der Waals surface area contributed by atoms with Crippen LogP contribution in [0.5, 0.6) is 0 Å². The van der Waals surface area contributed by atoms with Gasteiger partial charge in [0.1, 0.15) is 5.69 Å². The van der Waals surface area contributed by atoms with Crippen molar-refractivity contribution < 1.29 is 9.53 Å². The first-order valence-corrected chi connectivity index (χ1v) is 8.40. The molecule has 0 radical (unpaired) electrons. The lowest BCUT2D eigenvalue weighted by Crippen LogP contribution is -2.39. The molecule has 1 fully saturated rings. The van der Waals surface area contributed by atoms with Crippen LogP contribution in [0.4, 0.5) is 0 Å². The lowest BCUT2D eigenvalue weighted by Gasteiger charge is -2.25. The number of ether oxygens (including phenoxy) is 1. The predicted octanol–water partition coefficient (Wildman–Crippen LogP) is 2.87. The van der Waals surface area contributed by atoms with Gasteiger partial charge in [0.25, 0.3) is 0 Å². The maximum Gasteiger partial charge on any atom is 0.246 e. The Morgan fingerprint density at radius 2 is 1.80 bits per heavy atom. The summed E-state index contributed by atoms with van der Waals surface area (Å²) in [5.41, 5.74) is 3.84. The number of nitrogens with zero attached hydrogens (tertiary/aromatic N) is 3. The van der Waals surface area contributed by atoms with Gasteiger partial charge in [-0.05, 0) is 18.2 Å². The number of pyridine rings is 1. The first-order valence-electron chi connectivity index (χ1n) is 8.40. The van der Waals surface area contributed by atoms with Crippen LogP contribution >= 0.6 is 0 Å². The van der Waals surface area contributed by atoms with Crippen LogP contribution in [-0.4, -0.2) is 46.7 Å². The normalized spacial score (nSPS) is 15.1. The van der Waals surface area contributed by atoms with Gasteiger partial charge in [0.2, 0.25) is 5.91 Å². The second-order valence-electron chi connectivity index (χ2n) is 5.93. The van der Waals surface area contributed by atoms with Gasteiger partial charge in [-0.2, -0.15) is 5.10 Å². The van der Waals surface area contributed by atoms with Gasteiger partial charge >= 0.3 is 0 Å². The summed E-state index contributed by atoms with van der Waals surface area (Å²) in [6.45, 7) is 2.49. The van der Waals surface area contributed by atoms with Crippen LogP contribution in [0.2, 0.25) is 0 Å². The molecule has 25 heavy (non-hydrogen) atoms. The Kier molecular flexibility index (Phi) is 4.31. The molecule has 3 heterocycles. The number of rotatable bonds is 3. The van der Waals surface area contributed by atoms with Crippen LogP contribution in [0.3, 0.4) is 0 Å². The molecule has 0 N–H and O–H groups in total. The highest BCUT2D eigenvalue weighted by Gasteiger charge is 2.16. The lowest BCUT2D eigenvalue weighted by atomic mass is 10.1. The van der Waals surface area contributed by atoms with Crippen LogP contribution in [0, 0.1) is 0 Å². The molecule has 126 valence electrons. The Hall–Kier alpha value is -2.92. The van der Waals surface area contributed by atoms with E-state index in [9.17, 15) is 4.79 Å². The number of morpholine rings is 1. The molecule has 0 bridgehead atoms. The minimum Gasteiger partial charge on any atom is -0.378 e. The summed E-state index contributed by atoms with van der Waals surface area (Å²) in [5.74, 6) is 0.0117. The van der Waals surface area contributed by atoms with Crippen molar-refractivity contribution in [3.8, 4) is 11.3 Å². The van der Waals surface area contributed by atoms with E-state index in [1.807, 2.05) is 70.2 Å². The fourth-order valence-electron chi connectivity index (χ4n) is 3.04. The Labute approximate surface area is 146 Å². The third-order valence-electron chi connectivity index (χ3n) is 4.34. The van der Waals surface area contributed by atoms with E-state index in [-0.39, 0.29) is 5.91 Å². The molecule has 0 aliphatic carbocycles. The van der Waals surface area contributed by atoms with Crippen molar-refractivity contribution in [2.75, 3.05) is 26.3 Å². The first kappa shape index (κ1) is 15.6. The number of fused-ring (bicyclic) bond motifs is 1. The molecule has 1 aliphatic rings. The first-order chi connectivity index (χ1) is 12.3. The Morgan fingerprint density at radius 3 is 2.60 bits per heavy atom. The van der Waals surface area contributed by atoms with Crippen LogP contribution in [-0.2, 0) is 9.53 Å². The standard InChI is InChI=1S/C20H19N3O2/c24-19(22-12-14-25-15-13-22)10-9-17-18-8-4-5-11-23(18)21-20(17)16-6-2-1-3-7-16/h1-11H,12-15H2. The molecular weight excluding hydrogens is 314 g/mol. The van der Waals surface area contributed by atoms with Gasteiger partial charge in [0.05, 0.1) is 18.7 Å². The average Bonchev–Trinajstić information content (AvgIpc) is 3.06. The van der Waals surface area contributed by atoms with E-state index in [0.29, 0.717) is 26.3 Å². The number of hydrogen-bond acceptors (Lipinski definition) is 3. The van der Waals surface area contributed by atoms with Gasteiger partial charge in [-0.25, -0.2) is 4.52 Å². The highest BCUT2D eigenvalue weighted by molar-refractivity contribution is 5.95. The number of amides is 1. The van der Waals surface area contributed by atoms with Gasteiger partial charge in [-0.15, -0.1) is 0 Å². The van der Waals surface area contributed by atoms with Crippen molar-refractivity contribution in [1.29, 1.82) is 0 Å². The maximum atomic E-state index is 12.4. The van der Waals surface area contributed by atoms with E-state index in [1.165, 1.54) is 0 Å². The van der Waals surface area contributed by atoms with E-state index in [0.717, 1.165) is 22.3 Å². The molecule has 5 nitrogen and oxygen atoms in total. The van der Waals surface area contributed by atoms with Crippen molar-refractivity contribution in [1.82, 2.24) is 14.5 Å². The van der Waals surface area contributed by atoms with Gasteiger partial charge in [0, 0.05) is 36.5 Å². The molecular formula is C20H19N3O2. The Bertz CT molecular complexity index is 909. The molecule has 1 aromatic carbocycles. The molecule has 1 aliphatic heterocycles. The molecule has 0 unspecified atom stereocenters. The van der Waals surface area contributed by atoms with Crippen molar-refractivity contribution >= 4 is 17.5 Å². The van der Waals surface area contributed by atoms with Crippen molar-refractivity contribution in [2.24, 2.45) is 0 Å². The highest BCUT2D eigenvalue weighted by atomic mass is 16.5. The van der Waals surface area contributed by atoms with Crippen molar-refractivity contribution in [3.63, 3.8) is 0 Å². The largest absolute Gasteiger partial charge is 0.378 e. The number of hydrogen-bond donors (Lipinski definition) is 0. The summed E-state index contributed by atoms with van der Waals surface area (Å²) in [4.78, 5) is 14.2. The fraction of sp³-hybridized carbons (Fsp3) is 0.200. The van der Waals surface area contributed by atoms with E-state index in [2.05, 4.69) is 0 Å². The quantitative estimate of drug-likeness (QED) is 0.693. The van der Waals surface area contributed by atoms with E-state index < -0.39 is 0 Å². The molecule has 4 rings (SSSR count). The zero-order chi connectivity index (χ0) is 17.1. The summed E-state index contributed by atoms with van der Waals surface area (Å²) in [7, 11) is 0. The van der Waals surface area contributed by atoms with Crippen molar-refractivity contribution in [3.05, 3.63) is 66.4 Å². The molecule has 3 aromatic rings. The number of carbonyl (C=O) groups excluding carboxylic acids is 1. The summed E-state index contributed by atoms with van der Waals surface area (Å²) in [6.07, 6.45) is 5.44. The van der Waals surface area contributed by atoms with Crippen LogP contribution < -0.4 is 0 Å². The molecule has 5 heteroatoms. The monoisotopic (exact) mass is 333 g/mol. The number of benzene rings is 1. The van der Waals surface area contributed by atoms with Crippen LogP contribution in [0.15, 0.2) is 60.8 Å². The number of carbonyl (C=O) groups is 1. The Balaban J connectivity index is 1.72. The second kappa shape index (κ2) is 6.91. The Morgan fingerprint density at radius 1 is 1.04 bits per heavy atom. The average molecular weight is 333 g/mol. The molecule has 0 spiro atoms. The third-order valence-corrected chi connectivity index (χ3v) is 4.34. The topological polar surface area (TPSA) is 46.8 Å². The van der Waals surface area contributed by atoms with Gasteiger partial charge < -0.3 is 9.64 Å². The minimum atomic E-state index is 0.0117. The zero-order valence-corrected chi connectivity index (χ0v) is 13.8. The fourth-order valence-corrected chi connectivity index (χ4v) is 3.04. The molecule has 0 saturated carbocycles. The third kappa shape index (κ3) is 3.19. The van der Waals surface area contributed by atoms with Crippen LogP contribution in [0.25, 0.3) is 22.9 Å². The summed E-state index contributed by atoms with van der Waals surface area (Å²) < 4.78 is 7.15. The lowest BCUT2D eigenvalue weighted by molar-refractivity contribution is -0.129. The zero-order valence-electron chi connectivity index (χ0n) is 13.8. The van der Waals surface area contributed by atoms with Crippen LogP contribution in [0.1, 0.15) is 5.56 Å². The molecule has 0 atom stereocenters. The molecule has 2 aromatic heterocycles. The van der Waals surface area contributed by atoms with Gasteiger partial charge in [-0.1, -0.05) is 36.4 Å². The van der Waals surface area contributed by atoms with E-state index in [1.54, 1.807) is 6.08 Å². The minimum absolute atomic E-state index is 0.0117. The molecule has 1 saturated heterocycles. The smallest absolute Gasteiger partial charge is 0.246 e.